The summed E-state index contributed by atoms with van der Waals surface area (Å²) >= 11 is 18.0. The molecule has 3 aromatic rings. The SMILES string of the molecule is CCCCNC(=O)C(C)N(Cc1ccc(Cl)c(Cl)c1)C(=O)CN(c1ccc(Cl)c(C(F)(F)F)c1)S(=O)(=O)c1ccccc1. The van der Waals surface area contributed by atoms with Crippen molar-refractivity contribution in [1.29, 1.82) is 0 Å². The zero-order chi connectivity index (χ0) is 31.9. The van der Waals surface area contributed by atoms with Gasteiger partial charge in [0, 0.05) is 13.1 Å². The number of amides is 2. The quantitative estimate of drug-likeness (QED) is 0.206. The fourth-order valence-electron chi connectivity index (χ4n) is 4.09. The number of carbonyl (C=O) groups is 2. The summed E-state index contributed by atoms with van der Waals surface area (Å²) in [5.74, 6) is -1.35. The summed E-state index contributed by atoms with van der Waals surface area (Å²) in [5.41, 5.74) is -1.23. The van der Waals surface area contributed by atoms with Gasteiger partial charge >= 0.3 is 6.18 Å². The van der Waals surface area contributed by atoms with Crippen molar-refractivity contribution in [3.8, 4) is 0 Å². The Balaban J connectivity index is 2.09. The first kappa shape index (κ1) is 34.5. The normalized spacial score (nSPS) is 12.5. The van der Waals surface area contributed by atoms with Crippen LogP contribution in [0, 0.1) is 0 Å². The Kier molecular flexibility index (Phi) is 11.8. The second-order valence-corrected chi connectivity index (χ2v) is 12.7. The van der Waals surface area contributed by atoms with Crippen molar-refractivity contribution in [1.82, 2.24) is 10.2 Å². The highest BCUT2D eigenvalue weighted by Crippen LogP contribution is 2.38. The lowest BCUT2D eigenvalue weighted by Gasteiger charge is -2.32. The Labute approximate surface area is 263 Å². The number of rotatable bonds is 12. The molecule has 2 amide bonds. The monoisotopic (exact) mass is 677 g/mol. The van der Waals surface area contributed by atoms with Gasteiger partial charge in [0.2, 0.25) is 11.8 Å². The van der Waals surface area contributed by atoms with Crippen LogP contribution in [0.4, 0.5) is 18.9 Å². The van der Waals surface area contributed by atoms with E-state index in [0.717, 1.165) is 23.5 Å². The first-order chi connectivity index (χ1) is 20.2. The van der Waals surface area contributed by atoms with E-state index in [4.69, 9.17) is 34.8 Å². The molecular formula is C29H29Cl3F3N3O4S. The Bertz CT molecular complexity index is 1560. The van der Waals surface area contributed by atoms with Crippen molar-refractivity contribution in [3.63, 3.8) is 0 Å². The molecule has 14 heteroatoms. The number of benzene rings is 3. The lowest BCUT2D eigenvalue weighted by atomic mass is 10.1. The van der Waals surface area contributed by atoms with Crippen LogP contribution < -0.4 is 9.62 Å². The van der Waals surface area contributed by atoms with E-state index in [-0.39, 0.29) is 21.5 Å². The molecule has 0 aromatic heterocycles. The van der Waals surface area contributed by atoms with Crippen molar-refractivity contribution in [3.05, 3.63) is 92.9 Å². The average molecular weight is 679 g/mol. The van der Waals surface area contributed by atoms with Crippen molar-refractivity contribution in [2.24, 2.45) is 0 Å². The molecule has 43 heavy (non-hydrogen) atoms. The highest BCUT2D eigenvalue weighted by atomic mass is 35.5. The fraction of sp³-hybridized carbons (Fsp3) is 0.310. The molecule has 0 heterocycles. The highest BCUT2D eigenvalue weighted by Gasteiger charge is 2.37. The third-order valence-electron chi connectivity index (χ3n) is 6.49. The summed E-state index contributed by atoms with van der Waals surface area (Å²) in [7, 11) is -4.57. The lowest BCUT2D eigenvalue weighted by molar-refractivity contribution is -0.139. The summed E-state index contributed by atoms with van der Waals surface area (Å²) in [4.78, 5) is 27.8. The number of hydrogen-bond acceptors (Lipinski definition) is 4. The minimum Gasteiger partial charge on any atom is -0.354 e. The summed E-state index contributed by atoms with van der Waals surface area (Å²) in [6.45, 7) is 2.67. The third kappa shape index (κ3) is 8.78. The molecule has 1 N–H and O–H groups in total. The summed E-state index contributed by atoms with van der Waals surface area (Å²) in [6, 6.07) is 13.0. The number of hydrogen-bond donors (Lipinski definition) is 1. The number of alkyl halides is 3. The van der Waals surface area contributed by atoms with Gasteiger partial charge in [-0.2, -0.15) is 13.2 Å². The van der Waals surface area contributed by atoms with Gasteiger partial charge in [0.1, 0.15) is 12.6 Å². The molecule has 0 saturated heterocycles. The van der Waals surface area contributed by atoms with Gasteiger partial charge in [-0.3, -0.25) is 13.9 Å². The number of nitrogens with one attached hydrogen (secondary N) is 1. The minimum absolute atomic E-state index is 0.175. The Morgan fingerprint density at radius 2 is 1.58 bits per heavy atom. The lowest BCUT2D eigenvalue weighted by Crippen LogP contribution is -2.51. The van der Waals surface area contributed by atoms with E-state index in [1.54, 1.807) is 12.1 Å². The van der Waals surface area contributed by atoms with Crippen LogP contribution in [0.15, 0.2) is 71.6 Å². The maximum Gasteiger partial charge on any atom is 0.417 e. The van der Waals surface area contributed by atoms with Gasteiger partial charge in [0.25, 0.3) is 10.0 Å². The van der Waals surface area contributed by atoms with E-state index < -0.39 is 56.9 Å². The Morgan fingerprint density at radius 1 is 0.930 bits per heavy atom. The number of unbranched alkanes of at least 4 members (excludes halogenated alkanes) is 1. The van der Waals surface area contributed by atoms with Crippen LogP contribution in [0.25, 0.3) is 0 Å². The molecular weight excluding hydrogens is 650 g/mol. The molecule has 0 bridgehead atoms. The van der Waals surface area contributed by atoms with Gasteiger partial charge in [-0.1, -0.05) is 72.4 Å². The first-order valence-electron chi connectivity index (χ1n) is 13.1. The number of carbonyl (C=O) groups excluding carboxylic acids is 2. The van der Waals surface area contributed by atoms with Crippen LogP contribution in [-0.2, 0) is 32.3 Å². The van der Waals surface area contributed by atoms with Crippen LogP contribution >= 0.6 is 34.8 Å². The van der Waals surface area contributed by atoms with E-state index in [1.165, 1.54) is 43.3 Å². The number of anilines is 1. The molecule has 3 rings (SSSR count). The van der Waals surface area contributed by atoms with Gasteiger partial charge in [0.15, 0.2) is 0 Å². The van der Waals surface area contributed by atoms with Gasteiger partial charge in [0.05, 0.1) is 31.2 Å². The smallest absolute Gasteiger partial charge is 0.354 e. The van der Waals surface area contributed by atoms with Crippen LogP contribution in [0.5, 0.6) is 0 Å². The standard InChI is InChI=1S/C29H29Cl3F3N3O4S/c1-3-4-14-36-28(40)19(2)37(17-20-10-12-25(31)26(32)15-20)27(39)18-38(43(41,42)22-8-6-5-7-9-22)21-11-13-24(30)23(16-21)29(33,34)35/h5-13,15-16,19H,3-4,14,17-18H2,1-2H3,(H,36,40). The van der Waals surface area contributed by atoms with Crippen molar-refractivity contribution in [2.75, 3.05) is 17.4 Å². The highest BCUT2D eigenvalue weighted by molar-refractivity contribution is 7.92. The predicted molar refractivity (Wildman–Crippen MR) is 162 cm³/mol. The van der Waals surface area contributed by atoms with E-state index in [1.807, 2.05) is 6.92 Å². The van der Waals surface area contributed by atoms with E-state index in [0.29, 0.717) is 28.9 Å². The van der Waals surface area contributed by atoms with Crippen molar-refractivity contribution >= 4 is 62.3 Å². The summed E-state index contributed by atoms with van der Waals surface area (Å²) in [5, 5.41) is 2.56. The molecule has 1 atom stereocenters. The Hall–Kier alpha value is -2.99. The van der Waals surface area contributed by atoms with Crippen LogP contribution in [-0.4, -0.2) is 44.3 Å². The predicted octanol–water partition coefficient (Wildman–Crippen LogP) is 7.19. The number of halogens is 6. The third-order valence-corrected chi connectivity index (χ3v) is 9.34. The van der Waals surface area contributed by atoms with E-state index in [2.05, 4.69) is 5.32 Å². The number of nitrogens with zero attached hydrogens (tertiary/aromatic N) is 2. The maximum atomic E-state index is 13.9. The molecule has 0 spiro atoms. The van der Waals surface area contributed by atoms with Gasteiger partial charge < -0.3 is 10.2 Å². The topological polar surface area (TPSA) is 86.8 Å². The molecule has 0 aliphatic carbocycles. The van der Waals surface area contributed by atoms with Crippen LogP contribution in [0.2, 0.25) is 15.1 Å². The van der Waals surface area contributed by atoms with Crippen LogP contribution in [0.1, 0.15) is 37.8 Å². The maximum absolute atomic E-state index is 13.9. The van der Waals surface area contributed by atoms with E-state index in [9.17, 15) is 31.2 Å². The molecule has 1 unspecified atom stereocenters. The molecule has 0 aliphatic heterocycles. The molecule has 0 radical (unpaired) electrons. The van der Waals surface area contributed by atoms with Crippen LogP contribution in [0.3, 0.4) is 0 Å². The minimum atomic E-state index is -4.90. The Morgan fingerprint density at radius 3 is 2.19 bits per heavy atom. The molecule has 232 valence electrons. The zero-order valence-electron chi connectivity index (χ0n) is 23.2. The fourth-order valence-corrected chi connectivity index (χ4v) is 6.06. The summed E-state index contributed by atoms with van der Waals surface area (Å²) < 4.78 is 69.3. The van der Waals surface area contributed by atoms with Crippen molar-refractivity contribution in [2.45, 2.75) is 50.3 Å². The molecule has 3 aromatic carbocycles. The zero-order valence-corrected chi connectivity index (χ0v) is 26.3. The summed E-state index contributed by atoms with van der Waals surface area (Å²) in [6.07, 6.45) is -3.39. The second kappa shape index (κ2) is 14.7. The molecule has 0 fully saturated rings. The second-order valence-electron chi connectivity index (χ2n) is 9.58. The first-order valence-corrected chi connectivity index (χ1v) is 15.7. The van der Waals surface area contributed by atoms with Crippen molar-refractivity contribution < 1.29 is 31.2 Å². The molecule has 0 saturated carbocycles. The average Bonchev–Trinajstić information content (AvgIpc) is 2.96. The molecule has 0 aliphatic rings. The largest absolute Gasteiger partial charge is 0.417 e. The van der Waals surface area contributed by atoms with Gasteiger partial charge in [-0.25, -0.2) is 8.42 Å². The van der Waals surface area contributed by atoms with E-state index >= 15 is 0 Å². The number of sulfonamides is 1. The van der Waals surface area contributed by atoms with Gasteiger partial charge in [-0.15, -0.1) is 0 Å². The molecule has 7 nitrogen and oxygen atoms in total. The van der Waals surface area contributed by atoms with Gasteiger partial charge in [-0.05, 0) is 61.4 Å².